The van der Waals surface area contributed by atoms with E-state index in [4.69, 9.17) is 4.42 Å². The zero-order valence-corrected chi connectivity index (χ0v) is 15.5. The van der Waals surface area contributed by atoms with E-state index in [2.05, 4.69) is 10.3 Å². The summed E-state index contributed by atoms with van der Waals surface area (Å²) in [6.45, 7) is 5.80. The molecule has 2 N–H and O–H groups in total. The number of nitrogens with one attached hydrogen (secondary N) is 2. The van der Waals surface area contributed by atoms with E-state index < -0.39 is 0 Å². The predicted octanol–water partition coefficient (Wildman–Crippen LogP) is 5.09. The fraction of sp³-hybridized carbons (Fsp3) is 0.227. The highest BCUT2D eigenvalue weighted by Gasteiger charge is 2.20. The minimum Gasteiger partial charge on any atom is -0.459 e. The van der Waals surface area contributed by atoms with Crippen LogP contribution < -0.4 is 5.32 Å². The third-order valence-electron chi connectivity index (χ3n) is 5.07. The monoisotopic (exact) mass is 364 g/mol. The second kappa shape index (κ2) is 6.58. The Bertz CT molecular complexity index is 1160. The van der Waals surface area contributed by atoms with Gasteiger partial charge in [0.15, 0.2) is 0 Å². The lowest BCUT2D eigenvalue weighted by atomic mass is 10.1. The number of rotatable bonds is 4. The van der Waals surface area contributed by atoms with Gasteiger partial charge in [-0.1, -0.05) is 18.2 Å². The Balaban J connectivity index is 1.56. The highest BCUT2D eigenvalue weighted by atomic mass is 19.1. The molecule has 138 valence electrons. The van der Waals surface area contributed by atoms with Crippen molar-refractivity contribution in [1.82, 2.24) is 10.3 Å². The zero-order chi connectivity index (χ0) is 19.1. The minimum absolute atomic E-state index is 0.129. The van der Waals surface area contributed by atoms with Crippen LogP contribution in [0.4, 0.5) is 4.39 Å². The topological polar surface area (TPSA) is 58.0 Å². The van der Waals surface area contributed by atoms with E-state index in [9.17, 15) is 9.18 Å². The molecule has 2 aromatic carbocycles. The van der Waals surface area contributed by atoms with Gasteiger partial charge in [-0.2, -0.15) is 0 Å². The number of aromatic nitrogens is 1. The molecule has 0 aliphatic heterocycles. The Kier molecular flexibility index (Phi) is 4.22. The Morgan fingerprint density at radius 1 is 1.19 bits per heavy atom. The number of fused-ring (bicyclic) bond motifs is 2. The van der Waals surface area contributed by atoms with Crippen LogP contribution in [0.5, 0.6) is 0 Å². The van der Waals surface area contributed by atoms with Gasteiger partial charge in [0.1, 0.15) is 17.2 Å². The third-order valence-corrected chi connectivity index (χ3v) is 5.07. The van der Waals surface area contributed by atoms with Gasteiger partial charge in [-0.25, -0.2) is 4.39 Å². The normalized spacial score (nSPS) is 12.6. The molecule has 4 rings (SSSR count). The molecule has 0 spiro atoms. The van der Waals surface area contributed by atoms with Gasteiger partial charge in [-0.3, -0.25) is 4.79 Å². The Labute approximate surface area is 156 Å². The second-order valence-electron chi connectivity index (χ2n) is 6.97. The van der Waals surface area contributed by atoms with E-state index in [1.165, 1.54) is 12.1 Å². The third kappa shape index (κ3) is 3.10. The molecule has 0 saturated carbocycles. The van der Waals surface area contributed by atoms with Gasteiger partial charge >= 0.3 is 0 Å². The Morgan fingerprint density at radius 3 is 2.74 bits per heavy atom. The number of carbonyl (C=O) groups excluding carboxylic acids is 1. The average Bonchev–Trinajstić information content (AvgIpc) is 3.13. The summed E-state index contributed by atoms with van der Waals surface area (Å²) in [4.78, 5) is 15.8. The SMILES string of the molecule is Cc1[nH]c2ccc(F)cc2c1CC(=O)NC(C)c1oc2ccccc2c1C. The molecule has 0 aliphatic rings. The van der Waals surface area contributed by atoms with Crippen LogP contribution in [0, 0.1) is 19.7 Å². The number of H-pyrrole nitrogens is 1. The van der Waals surface area contributed by atoms with Crippen molar-refractivity contribution < 1.29 is 13.6 Å². The Morgan fingerprint density at radius 2 is 1.96 bits per heavy atom. The van der Waals surface area contributed by atoms with Crippen LogP contribution in [-0.2, 0) is 11.2 Å². The van der Waals surface area contributed by atoms with Crippen molar-refractivity contribution in [2.75, 3.05) is 0 Å². The number of benzene rings is 2. The van der Waals surface area contributed by atoms with Crippen molar-refractivity contribution in [1.29, 1.82) is 0 Å². The van der Waals surface area contributed by atoms with Crippen molar-refractivity contribution in [3.05, 3.63) is 70.9 Å². The maximum atomic E-state index is 13.6. The molecule has 0 fully saturated rings. The number of furan rings is 1. The lowest BCUT2D eigenvalue weighted by Gasteiger charge is -2.13. The van der Waals surface area contributed by atoms with Crippen LogP contribution in [0.3, 0.4) is 0 Å². The van der Waals surface area contributed by atoms with Gasteiger partial charge in [-0.15, -0.1) is 0 Å². The molecule has 5 heteroatoms. The lowest BCUT2D eigenvalue weighted by Crippen LogP contribution is -2.28. The highest BCUT2D eigenvalue weighted by Crippen LogP contribution is 2.29. The van der Waals surface area contributed by atoms with Crippen molar-refractivity contribution in [2.45, 2.75) is 33.2 Å². The molecule has 0 aliphatic carbocycles. The second-order valence-corrected chi connectivity index (χ2v) is 6.97. The fourth-order valence-corrected chi connectivity index (χ4v) is 3.71. The summed E-state index contributed by atoms with van der Waals surface area (Å²) >= 11 is 0. The van der Waals surface area contributed by atoms with Crippen LogP contribution >= 0.6 is 0 Å². The van der Waals surface area contributed by atoms with E-state index >= 15 is 0 Å². The van der Waals surface area contributed by atoms with Gasteiger partial charge in [-0.05, 0) is 50.6 Å². The molecule has 1 atom stereocenters. The summed E-state index contributed by atoms with van der Waals surface area (Å²) in [7, 11) is 0. The van der Waals surface area contributed by atoms with Crippen LogP contribution in [0.15, 0.2) is 46.9 Å². The molecule has 4 aromatic rings. The molecule has 2 aromatic heterocycles. The quantitative estimate of drug-likeness (QED) is 0.530. The summed E-state index contributed by atoms with van der Waals surface area (Å²) in [5, 5.41) is 4.80. The minimum atomic E-state index is -0.311. The smallest absolute Gasteiger partial charge is 0.225 e. The number of hydrogen-bond acceptors (Lipinski definition) is 2. The van der Waals surface area contributed by atoms with Gasteiger partial charge < -0.3 is 14.7 Å². The summed E-state index contributed by atoms with van der Waals surface area (Å²) in [6.07, 6.45) is 0.179. The van der Waals surface area contributed by atoms with E-state index in [1.807, 2.05) is 45.0 Å². The first-order chi connectivity index (χ1) is 12.9. The van der Waals surface area contributed by atoms with Crippen LogP contribution in [0.25, 0.3) is 21.9 Å². The number of halogens is 1. The summed E-state index contributed by atoms with van der Waals surface area (Å²) in [5.41, 5.74) is 4.37. The van der Waals surface area contributed by atoms with Crippen molar-refractivity contribution in [2.24, 2.45) is 0 Å². The molecular weight excluding hydrogens is 343 g/mol. The maximum Gasteiger partial charge on any atom is 0.225 e. The van der Waals surface area contributed by atoms with E-state index in [-0.39, 0.29) is 24.2 Å². The number of aromatic amines is 1. The molecular formula is C22H21FN2O2. The molecule has 2 heterocycles. The van der Waals surface area contributed by atoms with E-state index in [0.29, 0.717) is 0 Å². The fourth-order valence-electron chi connectivity index (χ4n) is 3.71. The predicted molar refractivity (Wildman–Crippen MR) is 104 cm³/mol. The number of aryl methyl sites for hydroxylation is 2. The van der Waals surface area contributed by atoms with Crippen LogP contribution in [0.1, 0.15) is 35.5 Å². The van der Waals surface area contributed by atoms with Crippen molar-refractivity contribution >= 4 is 27.8 Å². The number of carbonyl (C=O) groups is 1. The first-order valence-corrected chi connectivity index (χ1v) is 8.98. The van der Waals surface area contributed by atoms with Gasteiger partial charge in [0.25, 0.3) is 0 Å². The molecule has 0 saturated heterocycles. The molecule has 1 amide bonds. The molecule has 4 nitrogen and oxygen atoms in total. The maximum absolute atomic E-state index is 13.6. The zero-order valence-electron chi connectivity index (χ0n) is 15.5. The number of hydrogen-bond donors (Lipinski definition) is 2. The number of amides is 1. The Hall–Kier alpha value is -3.08. The first-order valence-electron chi connectivity index (χ1n) is 8.98. The van der Waals surface area contributed by atoms with Gasteiger partial charge in [0, 0.05) is 27.5 Å². The molecule has 0 bridgehead atoms. The van der Waals surface area contributed by atoms with Crippen molar-refractivity contribution in [3.63, 3.8) is 0 Å². The molecule has 27 heavy (non-hydrogen) atoms. The number of para-hydroxylation sites is 1. The highest BCUT2D eigenvalue weighted by molar-refractivity contribution is 5.90. The van der Waals surface area contributed by atoms with Crippen LogP contribution in [-0.4, -0.2) is 10.9 Å². The standard InChI is InChI=1S/C22H21FN2O2/c1-12-16-6-4-5-7-20(16)27-22(12)14(3)25-21(26)11-17-13(2)24-19-9-8-15(23)10-18(17)19/h4-10,14,24H,11H2,1-3H3,(H,25,26). The molecule has 1 unspecified atom stereocenters. The lowest BCUT2D eigenvalue weighted by molar-refractivity contribution is -0.121. The van der Waals surface area contributed by atoms with E-state index in [0.717, 1.165) is 44.5 Å². The van der Waals surface area contributed by atoms with Gasteiger partial charge in [0.05, 0.1) is 12.5 Å². The van der Waals surface area contributed by atoms with Gasteiger partial charge in [0.2, 0.25) is 5.91 Å². The summed E-state index contributed by atoms with van der Waals surface area (Å²) in [5.74, 6) is 0.316. The average molecular weight is 364 g/mol. The summed E-state index contributed by atoms with van der Waals surface area (Å²) in [6, 6.07) is 12.1. The van der Waals surface area contributed by atoms with Crippen LogP contribution in [0.2, 0.25) is 0 Å². The largest absolute Gasteiger partial charge is 0.459 e. The van der Waals surface area contributed by atoms with E-state index in [1.54, 1.807) is 6.07 Å². The summed E-state index contributed by atoms with van der Waals surface area (Å²) < 4.78 is 19.5. The first kappa shape index (κ1) is 17.3. The molecule has 0 radical (unpaired) electrons. The van der Waals surface area contributed by atoms with Crippen molar-refractivity contribution in [3.8, 4) is 0 Å².